The number of nitrogens with one attached hydrogen (secondary N) is 1. The fraction of sp³-hybridized carbons (Fsp3) is 0.763. The number of pyridine rings is 1. The predicted molar refractivity (Wildman–Crippen MR) is 169 cm³/mol. The second-order valence-electron chi connectivity index (χ2n) is 17.7. The van der Waals surface area contributed by atoms with Gasteiger partial charge in [0.2, 0.25) is 0 Å². The van der Waals surface area contributed by atoms with Crippen LogP contribution in [0.25, 0.3) is 0 Å². The molecule has 234 valence electrons. The van der Waals surface area contributed by atoms with Crippen LogP contribution >= 0.6 is 0 Å². The standard InChI is InChI=1S/C38H54N2O3/c1-20(2)29-25(41)18-34(7)15-16-36(9)23(31(29)34)11-12-27-35(8)19-28-38(43,33(5,6)26(35)13-14-37(27,36)10)24-17-21(3)39-22(4)30(24)32(42)40-28/h17,20,23,26-28,43H,11-16,18-19H2,1-10H3,(H,40,42)/t23-,26+,27-,28?,34+,35+,36-,37-,38+/m1/s1. The van der Waals surface area contributed by atoms with E-state index in [1.165, 1.54) is 12.0 Å². The Balaban J connectivity index is 1.33. The molecule has 5 aliphatic carbocycles. The van der Waals surface area contributed by atoms with Gasteiger partial charge in [0.15, 0.2) is 5.78 Å². The zero-order valence-electron chi connectivity index (χ0n) is 28.3. The van der Waals surface area contributed by atoms with E-state index >= 15 is 0 Å². The highest BCUT2D eigenvalue weighted by molar-refractivity contribution is 6.00. The third-order valence-electron chi connectivity index (χ3n) is 15.3. The molecule has 2 N–H and O–H groups in total. The number of rotatable bonds is 1. The number of nitrogens with zero attached hydrogens (tertiary/aromatic N) is 1. The summed E-state index contributed by atoms with van der Waals surface area (Å²) in [6.45, 7) is 22.9. The number of hydrogen-bond acceptors (Lipinski definition) is 4. The molecule has 2 heterocycles. The lowest BCUT2D eigenvalue weighted by Crippen LogP contribution is -2.73. The van der Waals surface area contributed by atoms with Crippen molar-refractivity contribution in [3.63, 3.8) is 0 Å². The van der Waals surface area contributed by atoms with Crippen molar-refractivity contribution in [2.75, 3.05) is 0 Å². The lowest BCUT2D eigenvalue weighted by atomic mass is 9.31. The number of carbonyl (C=O) groups is 2. The Kier molecular flexibility index (Phi) is 5.95. The number of allylic oxidation sites excluding steroid dienone is 2. The highest BCUT2D eigenvalue weighted by Gasteiger charge is 2.73. The molecule has 0 radical (unpaired) electrons. The Morgan fingerprint density at radius 3 is 2.30 bits per heavy atom. The lowest BCUT2D eigenvalue weighted by Gasteiger charge is -2.74. The number of Topliss-reactive ketones (excluding diaryl/α,β-unsaturated/α-hetero) is 1. The molecule has 1 unspecified atom stereocenters. The molecule has 7 rings (SSSR count). The van der Waals surface area contributed by atoms with Gasteiger partial charge in [-0.05, 0) is 116 Å². The maximum Gasteiger partial charge on any atom is 0.253 e. The molecule has 1 aromatic rings. The minimum absolute atomic E-state index is 0.0230. The van der Waals surface area contributed by atoms with Crippen LogP contribution in [-0.2, 0) is 10.4 Å². The van der Waals surface area contributed by atoms with Crippen LogP contribution in [-0.4, -0.2) is 27.8 Å². The average Bonchev–Trinajstić information content (AvgIpc) is 3.16. The summed E-state index contributed by atoms with van der Waals surface area (Å²) in [7, 11) is 0. The highest BCUT2D eigenvalue weighted by atomic mass is 16.3. The third-order valence-corrected chi connectivity index (χ3v) is 15.3. The molecule has 6 aliphatic rings. The van der Waals surface area contributed by atoms with Crippen LogP contribution < -0.4 is 5.32 Å². The fourth-order valence-electron chi connectivity index (χ4n) is 13.4. The van der Waals surface area contributed by atoms with Gasteiger partial charge in [0.05, 0.1) is 17.3 Å². The Hall–Kier alpha value is -2.01. The topological polar surface area (TPSA) is 79.3 Å². The maximum atomic E-state index is 13.6. The molecule has 0 saturated heterocycles. The monoisotopic (exact) mass is 586 g/mol. The molecule has 1 aliphatic heterocycles. The van der Waals surface area contributed by atoms with E-state index in [1.807, 2.05) is 19.9 Å². The van der Waals surface area contributed by atoms with Gasteiger partial charge in [0.1, 0.15) is 5.60 Å². The maximum absolute atomic E-state index is 13.6. The van der Waals surface area contributed by atoms with Crippen molar-refractivity contribution in [2.24, 2.45) is 50.7 Å². The quantitative estimate of drug-likeness (QED) is 0.355. The molecule has 5 nitrogen and oxygen atoms in total. The molecular weight excluding hydrogens is 532 g/mol. The van der Waals surface area contributed by atoms with Crippen LogP contribution in [0.4, 0.5) is 0 Å². The van der Waals surface area contributed by atoms with Crippen LogP contribution in [0.1, 0.15) is 134 Å². The zero-order valence-corrected chi connectivity index (χ0v) is 28.3. The van der Waals surface area contributed by atoms with Gasteiger partial charge in [-0.1, -0.05) is 61.0 Å². The zero-order chi connectivity index (χ0) is 31.3. The molecular formula is C38H54N2O3. The Labute approximate surface area is 259 Å². The van der Waals surface area contributed by atoms with Crippen molar-refractivity contribution < 1.29 is 14.7 Å². The molecule has 0 bridgehead atoms. The van der Waals surface area contributed by atoms with Gasteiger partial charge < -0.3 is 10.4 Å². The van der Waals surface area contributed by atoms with Crippen molar-refractivity contribution in [1.29, 1.82) is 0 Å². The highest BCUT2D eigenvalue weighted by Crippen LogP contribution is 2.78. The minimum atomic E-state index is -1.15. The summed E-state index contributed by atoms with van der Waals surface area (Å²) < 4.78 is 0. The van der Waals surface area contributed by atoms with Crippen LogP contribution in [0, 0.1) is 64.6 Å². The van der Waals surface area contributed by atoms with E-state index in [9.17, 15) is 14.7 Å². The van der Waals surface area contributed by atoms with Crippen LogP contribution in [0.2, 0.25) is 0 Å². The molecule has 1 amide bonds. The van der Waals surface area contributed by atoms with E-state index in [1.54, 1.807) is 0 Å². The van der Waals surface area contributed by atoms with Crippen molar-refractivity contribution in [3.8, 4) is 0 Å². The molecule has 5 heteroatoms. The second-order valence-corrected chi connectivity index (χ2v) is 17.7. The Morgan fingerprint density at radius 2 is 1.63 bits per heavy atom. The van der Waals surface area contributed by atoms with Crippen molar-refractivity contribution in [2.45, 2.75) is 132 Å². The number of hydrogen-bond donors (Lipinski definition) is 2. The molecule has 4 fully saturated rings. The number of aromatic nitrogens is 1. The summed E-state index contributed by atoms with van der Waals surface area (Å²) in [5.41, 5.74) is 4.27. The first-order valence-corrected chi connectivity index (χ1v) is 17.2. The third kappa shape index (κ3) is 3.31. The smallest absolute Gasteiger partial charge is 0.253 e. The largest absolute Gasteiger partial charge is 0.382 e. The van der Waals surface area contributed by atoms with E-state index in [0.717, 1.165) is 55.4 Å². The van der Waals surface area contributed by atoms with Crippen molar-refractivity contribution >= 4 is 11.7 Å². The van der Waals surface area contributed by atoms with Crippen molar-refractivity contribution in [1.82, 2.24) is 10.3 Å². The van der Waals surface area contributed by atoms with E-state index < -0.39 is 11.0 Å². The van der Waals surface area contributed by atoms with Gasteiger partial charge in [0, 0.05) is 23.1 Å². The predicted octanol–water partition coefficient (Wildman–Crippen LogP) is 7.61. The first kappa shape index (κ1) is 29.7. The summed E-state index contributed by atoms with van der Waals surface area (Å²) in [4.78, 5) is 31.7. The van der Waals surface area contributed by atoms with E-state index in [2.05, 4.69) is 65.7 Å². The second kappa shape index (κ2) is 8.62. The first-order valence-electron chi connectivity index (χ1n) is 17.2. The van der Waals surface area contributed by atoms with E-state index in [0.29, 0.717) is 41.2 Å². The fourth-order valence-corrected chi connectivity index (χ4v) is 13.4. The van der Waals surface area contributed by atoms with Gasteiger partial charge in [0.25, 0.3) is 5.91 Å². The summed E-state index contributed by atoms with van der Waals surface area (Å²) in [5.74, 6) is 1.87. The van der Waals surface area contributed by atoms with E-state index in [-0.39, 0.29) is 39.5 Å². The van der Waals surface area contributed by atoms with Crippen LogP contribution in [0.15, 0.2) is 17.2 Å². The minimum Gasteiger partial charge on any atom is -0.382 e. The molecule has 4 saturated carbocycles. The van der Waals surface area contributed by atoms with E-state index in [4.69, 9.17) is 0 Å². The number of ketones is 1. The van der Waals surface area contributed by atoms with Gasteiger partial charge in [-0.3, -0.25) is 14.6 Å². The van der Waals surface area contributed by atoms with Gasteiger partial charge in [-0.2, -0.15) is 0 Å². The summed E-state index contributed by atoms with van der Waals surface area (Å²) in [5, 5.41) is 16.3. The lowest BCUT2D eigenvalue weighted by molar-refractivity contribution is -0.264. The molecule has 0 spiro atoms. The SMILES string of the molecule is Cc1cc2c(c(C)n1)C(=O)NC1C[C@]3(C)[C@H]4CC[C@@H]5C6=C(C(C)C)C(=O)C[C@]6(C)CC[C@@]5(C)[C@]4(C)CC[C@H]3C(C)(C)[C@]21O. The molecule has 43 heavy (non-hydrogen) atoms. The molecule has 9 atom stereocenters. The van der Waals surface area contributed by atoms with Crippen LogP contribution in [0.3, 0.4) is 0 Å². The average molecular weight is 587 g/mol. The van der Waals surface area contributed by atoms with Gasteiger partial charge in [-0.25, -0.2) is 0 Å². The number of fused-ring (bicyclic) bond motifs is 10. The first-order chi connectivity index (χ1) is 19.9. The number of carbonyl (C=O) groups excluding carboxylic acids is 2. The number of aryl methyl sites for hydroxylation is 2. The van der Waals surface area contributed by atoms with Crippen molar-refractivity contribution in [3.05, 3.63) is 39.7 Å². The summed E-state index contributed by atoms with van der Waals surface area (Å²) >= 11 is 0. The Morgan fingerprint density at radius 1 is 0.930 bits per heavy atom. The Bertz CT molecular complexity index is 1490. The van der Waals surface area contributed by atoms with Crippen LogP contribution in [0.5, 0.6) is 0 Å². The number of aliphatic hydroxyl groups is 1. The molecule has 1 aromatic heterocycles. The molecule has 0 aromatic carbocycles. The van der Waals surface area contributed by atoms with Gasteiger partial charge in [-0.15, -0.1) is 0 Å². The van der Waals surface area contributed by atoms with Gasteiger partial charge >= 0.3 is 0 Å². The summed E-state index contributed by atoms with van der Waals surface area (Å²) in [6.07, 6.45) is 8.29. The normalized spacial score (nSPS) is 46.3. The summed E-state index contributed by atoms with van der Waals surface area (Å²) in [6, 6.07) is 1.65. The number of amides is 1.